The molecule has 1 aromatic rings. The van der Waals surface area contributed by atoms with Crippen molar-refractivity contribution < 1.29 is 4.79 Å². The van der Waals surface area contributed by atoms with Crippen LogP contribution >= 0.6 is 0 Å². The highest BCUT2D eigenvalue weighted by atomic mass is 16.1. The third-order valence-corrected chi connectivity index (χ3v) is 12.5. The molecule has 0 radical (unpaired) electrons. The first-order valence-corrected chi connectivity index (χ1v) is 15.8. The van der Waals surface area contributed by atoms with Crippen LogP contribution < -0.4 is 11.5 Å². The Morgan fingerprint density at radius 2 is 1.67 bits per heavy atom. The van der Waals surface area contributed by atoms with Crippen molar-refractivity contribution in [2.75, 3.05) is 11.5 Å². The summed E-state index contributed by atoms with van der Waals surface area (Å²) < 4.78 is 0. The average molecular weight is 531 g/mol. The summed E-state index contributed by atoms with van der Waals surface area (Å²) in [4.78, 5) is 13.8. The van der Waals surface area contributed by atoms with Gasteiger partial charge >= 0.3 is 0 Å². The molecule has 4 aliphatic rings. The summed E-state index contributed by atoms with van der Waals surface area (Å²) in [5.74, 6) is 4.24. The van der Waals surface area contributed by atoms with E-state index in [1.165, 1.54) is 50.5 Å². The number of carbonyl (C=O) groups excluding carboxylic acids is 1. The van der Waals surface area contributed by atoms with Crippen molar-refractivity contribution in [2.45, 2.75) is 106 Å². The predicted molar refractivity (Wildman–Crippen MR) is 165 cm³/mol. The molecule has 4 aliphatic carbocycles. The van der Waals surface area contributed by atoms with Gasteiger partial charge in [-0.15, -0.1) is 0 Å². The van der Waals surface area contributed by atoms with Gasteiger partial charge in [-0.2, -0.15) is 0 Å². The molecule has 5 rings (SSSR count). The van der Waals surface area contributed by atoms with Gasteiger partial charge in [0.2, 0.25) is 0 Å². The van der Waals surface area contributed by atoms with Gasteiger partial charge in [0.25, 0.3) is 0 Å². The zero-order valence-corrected chi connectivity index (χ0v) is 25.8. The first kappa shape index (κ1) is 28.5. The van der Waals surface area contributed by atoms with Crippen LogP contribution in [0.3, 0.4) is 0 Å². The summed E-state index contributed by atoms with van der Waals surface area (Å²) in [6, 6.07) is 5.36. The lowest BCUT2D eigenvalue weighted by molar-refractivity contribution is -0.0626. The number of carbonyl (C=O) groups is 1. The van der Waals surface area contributed by atoms with Crippen LogP contribution in [0.15, 0.2) is 41.5 Å². The Labute approximate surface area is 238 Å². The highest BCUT2D eigenvalue weighted by molar-refractivity contribution is 6.00. The lowest BCUT2D eigenvalue weighted by Gasteiger charge is -2.61. The second-order valence-electron chi connectivity index (χ2n) is 15.3. The van der Waals surface area contributed by atoms with Crippen molar-refractivity contribution in [1.82, 2.24) is 0 Å². The van der Waals surface area contributed by atoms with Crippen molar-refractivity contribution in [3.05, 3.63) is 47.1 Å². The number of allylic oxidation sites excluding steroid dienone is 4. The van der Waals surface area contributed by atoms with Crippen molar-refractivity contribution in [3.63, 3.8) is 0 Å². The molecule has 4 N–H and O–H groups in total. The molecule has 3 saturated carbocycles. The Morgan fingerprint density at radius 1 is 0.974 bits per heavy atom. The number of nitrogens with two attached hydrogens (primary N) is 2. The standard InChI is InChI=1S/C36H54N2O/c1-22(2)9-8-10-23(3)28-12-13-29-27-11-14-32-34(4,5)31(33(39)24-19-25(37)21-26(38)20-24)16-18-36(32,7)30(27)15-17-35(28,29)6/h9,14,19-21,23,27-31H,8,10-13,15-18,37-38H2,1-7H3. The van der Waals surface area contributed by atoms with E-state index in [4.69, 9.17) is 11.5 Å². The van der Waals surface area contributed by atoms with Crippen LogP contribution in [0.25, 0.3) is 0 Å². The molecule has 0 aliphatic heterocycles. The molecule has 0 heterocycles. The molecule has 8 unspecified atom stereocenters. The first-order valence-electron chi connectivity index (χ1n) is 15.8. The molecular formula is C36H54N2O. The third-order valence-electron chi connectivity index (χ3n) is 12.5. The molecule has 39 heavy (non-hydrogen) atoms. The lowest BCUT2D eigenvalue weighted by atomic mass is 9.43. The van der Waals surface area contributed by atoms with E-state index in [0.29, 0.717) is 22.4 Å². The second kappa shape index (κ2) is 10.1. The van der Waals surface area contributed by atoms with E-state index >= 15 is 0 Å². The first-order chi connectivity index (χ1) is 18.3. The van der Waals surface area contributed by atoms with E-state index in [1.54, 1.807) is 11.6 Å². The molecule has 0 spiro atoms. The van der Waals surface area contributed by atoms with Crippen LogP contribution in [0, 0.1) is 51.8 Å². The van der Waals surface area contributed by atoms with Crippen LogP contribution in [-0.2, 0) is 0 Å². The van der Waals surface area contributed by atoms with Gasteiger partial charge in [0.05, 0.1) is 0 Å². The van der Waals surface area contributed by atoms with Crippen LogP contribution in [0.2, 0.25) is 0 Å². The Kier molecular flexibility index (Phi) is 7.39. The Hall–Kier alpha value is -2.03. The second-order valence-corrected chi connectivity index (χ2v) is 15.3. The molecule has 3 heteroatoms. The average Bonchev–Trinajstić information content (AvgIpc) is 3.20. The molecule has 3 fully saturated rings. The molecule has 0 aromatic heterocycles. The lowest BCUT2D eigenvalue weighted by Crippen LogP contribution is -2.54. The van der Waals surface area contributed by atoms with Crippen LogP contribution in [0.4, 0.5) is 11.4 Å². The number of ketones is 1. The van der Waals surface area contributed by atoms with Crippen LogP contribution in [0.1, 0.15) is 117 Å². The van der Waals surface area contributed by atoms with Gasteiger partial charge in [0.15, 0.2) is 5.78 Å². The number of rotatable bonds is 6. The third kappa shape index (κ3) is 4.70. The van der Waals surface area contributed by atoms with E-state index in [-0.39, 0.29) is 22.5 Å². The number of hydrogen-bond donors (Lipinski definition) is 2. The maximum absolute atomic E-state index is 13.8. The summed E-state index contributed by atoms with van der Waals surface area (Å²) in [7, 11) is 0. The molecule has 214 valence electrons. The van der Waals surface area contributed by atoms with Gasteiger partial charge in [-0.3, -0.25) is 4.79 Å². The fourth-order valence-electron chi connectivity index (χ4n) is 10.7. The highest BCUT2D eigenvalue weighted by Crippen LogP contribution is 2.69. The summed E-state index contributed by atoms with van der Waals surface area (Å²) in [6.45, 7) is 16.9. The Bertz CT molecular complexity index is 1150. The van der Waals surface area contributed by atoms with Crippen LogP contribution in [0.5, 0.6) is 0 Å². The quantitative estimate of drug-likeness (QED) is 0.219. The number of hydrogen-bond acceptors (Lipinski definition) is 3. The monoisotopic (exact) mass is 530 g/mol. The molecular weight excluding hydrogens is 476 g/mol. The van der Waals surface area contributed by atoms with Crippen molar-refractivity contribution >= 4 is 17.2 Å². The van der Waals surface area contributed by atoms with Gasteiger partial charge in [-0.1, -0.05) is 57.9 Å². The highest BCUT2D eigenvalue weighted by Gasteiger charge is 2.61. The number of anilines is 2. The summed E-state index contributed by atoms with van der Waals surface area (Å²) >= 11 is 0. The maximum Gasteiger partial charge on any atom is 0.166 e. The van der Waals surface area contributed by atoms with E-state index in [0.717, 1.165) is 42.4 Å². The van der Waals surface area contributed by atoms with E-state index in [2.05, 4.69) is 60.6 Å². The molecule has 1 aromatic carbocycles. The number of fused-ring (bicyclic) bond motifs is 5. The van der Waals surface area contributed by atoms with Gasteiger partial charge in [0.1, 0.15) is 0 Å². The van der Waals surface area contributed by atoms with Crippen molar-refractivity contribution in [2.24, 2.45) is 51.8 Å². The van der Waals surface area contributed by atoms with Gasteiger partial charge in [-0.25, -0.2) is 0 Å². The molecule has 3 nitrogen and oxygen atoms in total. The maximum atomic E-state index is 13.8. The number of Topliss-reactive ketones (excluding diaryl/α,β-unsaturated/α-hetero) is 1. The van der Waals surface area contributed by atoms with Crippen molar-refractivity contribution in [1.29, 1.82) is 0 Å². The number of benzene rings is 1. The van der Waals surface area contributed by atoms with Gasteiger partial charge in [-0.05, 0) is 136 Å². The smallest absolute Gasteiger partial charge is 0.166 e. The topological polar surface area (TPSA) is 69.1 Å². The van der Waals surface area contributed by atoms with Gasteiger partial charge in [0, 0.05) is 22.9 Å². The Balaban J connectivity index is 1.38. The fraction of sp³-hybridized carbons (Fsp3) is 0.694. The van der Waals surface area contributed by atoms with E-state index in [9.17, 15) is 4.79 Å². The Morgan fingerprint density at radius 3 is 2.33 bits per heavy atom. The van der Waals surface area contributed by atoms with Crippen molar-refractivity contribution in [3.8, 4) is 0 Å². The van der Waals surface area contributed by atoms with Crippen LogP contribution in [-0.4, -0.2) is 5.78 Å². The molecule has 0 saturated heterocycles. The zero-order valence-electron chi connectivity index (χ0n) is 25.8. The molecule has 0 bridgehead atoms. The summed E-state index contributed by atoms with van der Waals surface area (Å²) in [5.41, 5.74) is 17.5. The molecule has 8 atom stereocenters. The van der Waals surface area contributed by atoms with E-state index < -0.39 is 0 Å². The summed E-state index contributed by atoms with van der Waals surface area (Å²) in [6.07, 6.45) is 16.4. The fourth-order valence-corrected chi connectivity index (χ4v) is 10.7. The predicted octanol–water partition coefficient (Wildman–Crippen LogP) is 9.25. The van der Waals surface area contributed by atoms with Gasteiger partial charge < -0.3 is 11.5 Å². The van der Waals surface area contributed by atoms with E-state index in [1.807, 2.05) is 12.1 Å². The SMILES string of the molecule is CC(C)=CCCC(C)C1CCC2C3CC=C4C(C)(C)C(C(=O)c5cc(N)cc(N)c5)CCC4(C)C3CCC12C. The minimum Gasteiger partial charge on any atom is -0.399 e. The summed E-state index contributed by atoms with van der Waals surface area (Å²) in [5, 5.41) is 0. The molecule has 0 amide bonds. The zero-order chi connectivity index (χ0) is 28.3. The minimum atomic E-state index is -0.160. The normalized spacial score (nSPS) is 37.6. The largest absolute Gasteiger partial charge is 0.399 e. The minimum absolute atomic E-state index is 0.0269. The number of nitrogen functional groups attached to an aromatic ring is 2.